The summed E-state index contributed by atoms with van der Waals surface area (Å²) in [6.07, 6.45) is -2.91. The number of aliphatic carboxylic acids is 1. The molecule has 24 heavy (non-hydrogen) atoms. The van der Waals surface area contributed by atoms with E-state index in [-0.39, 0.29) is 11.7 Å². The summed E-state index contributed by atoms with van der Waals surface area (Å²) >= 11 is 0. The first kappa shape index (κ1) is 18.3. The van der Waals surface area contributed by atoms with Crippen molar-refractivity contribution in [3.8, 4) is 0 Å². The number of amides is 1. The molecule has 0 aromatic carbocycles. The van der Waals surface area contributed by atoms with Crippen LogP contribution in [0.15, 0.2) is 0 Å². The highest BCUT2D eigenvalue weighted by Gasteiger charge is 2.38. The van der Waals surface area contributed by atoms with Gasteiger partial charge in [0, 0.05) is 17.3 Å². The fourth-order valence-electron chi connectivity index (χ4n) is 2.95. The van der Waals surface area contributed by atoms with Crippen molar-refractivity contribution in [2.45, 2.75) is 58.3 Å². The minimum absolute atomic E-state index is 0.0955. The van der Waals surface area contributed by atoms with E-state index in [9.17, 15) is 22.8 Å². The average molecular weight is 347 g/mol. The maximum atomic E-state index is 12.7. The molecule has 1 unspecified atom stereocenters. The second kappa shape index (κ2) is 6.45. The number of carbonyl (C=O) groups is 2. The molecule has 1 saturated carbocycles. The van der Waals surface area contributed by atoms with Gasteiger partial charge in [-0.15, -0.1) is 0 Å². The molecule has 9 heteroatoms. The molecule has 0 spiro atoms. The van der Waals surface area contributed by atoms with Crippen LogP contribution in [0, 0.1) is 13.8 Å². The first-order chi connectivity index (χ1) is 11.0. The number of halogens is 3. The number of hydrogen-bond donors (Lipinski definition) is 1. The lowest BCUT2D eigenvalue weighted by molar-refractivity contribution is -0.145. The summed E-state index contributed by atoms with van der Waals surface area (Å²) in [4.78, 5) is 24.9. The third kappa shape index (κ3) is 4.07. The minimum Gasteiger partial charge on any atom is -0.480 e. The molecule has 1 aromatic rings. The standard InChI is InChI=1S/C15H20F3N3O3/c1-8(14(24)20(6-12(22)23)11-4-5-11)13-9(2)19-21(10(13)3)7-15(16,17)18/h8,11H,4-7H2,1-3H3,(H,22,23). The second-order valence-electron chi connectivity index (χ2n) is 6.17. The largest absolute Gasteiger partial charge is 0.480 e. The van der Waals surface area contributed by atoms with Gasteiger partial charge in [-0.05, 0) is 33.6 Å². The van der Waals surface area contributed by atoms with Crippen LogP contribution < -0.4 is 0 Å². The van der Waals surface area contributed by atoms with Crippen molar-refractivity contribution in [1.29, 1.82) is 0 Å². The van der Waals surface area contributed by atoms with E-state index in [1.165, 1.54) is 11.8 Å². The number of hydrogen-bond acceptors (Lipinski definition) is 3. The quantitative estimate of drug-likeness (QED) is 0.856. The third-order valence-electron chi connectivity index (χ3n) is 4.15. The van der Waals surface area contributed by atoms with Crippen LogP contribution >= 0.6 is 0 Å². The molecule has 2 rings (SSSR count). The van der Waals surface area contributed by atoms with Gasteiger partial charge in [0.15, 0.2) is 0 Å². The predicted molar refractivity (Wildman–Crippen MR) is 78.5 cm³/mol. The molecule has 0 radical (unpaired) electrons. The van der Waals surface area contributed by atoms with Crippen LogP contribution in [0.25, 0.3) is 0 Å². The lowest BCUT2D eigenvalue weighted by Gasteiger charge is -2.24. The molecule has 0 aliphatic heterocycles. The minimum atomic E-state index is -4.41. The third-order valence-corrected chi connectivity index (χ3v) is 4.15. The van der Waals surface area contributed by atoms with E-state index in [1.54, 1.807) is 13.8 Å². The fraction of sp³-hybridized carbons (Fsp3) is 0.667. The second-order valence-corrected chi connectivity index (χ2v) is 6.17. The molecular formula is C15H20F3N3O3. The van der Waals surface area contributed by atoms with Gasteiger partial charge in [0.1, 0.15) is 13.1 Å². The van der Waals surface area contributed by atoms with Crippen LogP contribution in [0.1, 0.15) is 42.6 Å². The van der Waals surface area contributed by atoms with Crippen LogP contribution in [0.2, 0.25) is 0 Å². The highest BCUT2D eigenvalue weighted by atomic mass is 19.4. The van der Waals surface area contributed by atoms with Crippen LogP contribution in [0.3, 0.4) is 0 Å². The van der Waals surface area contributed by atoms with Gasteiger partial charge >= 0.3 is 12.1 Å². The Morgan fingerprint density at radius 2 is 1.96 bits per heavy atom. The Balaban J connectivity index is 2.26. The number of carboxylic acid groups (broad SMARTS) is 1. The van der Waals surface area contributed by atoms with Gasteiger partial charge in [-0.3, -0.25) is 14.3 Å². The van der Waals surface area contributed by atoms with Crippen LogP contribution in [0.5, 0.6) is 0 Å². The van der Waals surface area contributed by atoms with Gasteiger partial charge < -0.3 is 10.0 Å². The van der Waals surface area contributed by atoms with Crippen LogP contribution in [-0.4, -0.2) is 50.4 Å². The van der Waals surface area contributed by atoms with E-state index >= 15 is 0 Å². The Hall–Kier alpha value is -2.06. The van der Waals surface area contributed by atoms with E-state index in [1.807, 2.05) is 0 Å². The summed E-state index contributed by atoms with van der Waals surface area (Å²) in [5.74, 6) is -2.24. The molecule has 1 atom stereocenters. The van der Waals surface area contributed by atoms with Gasteiger partial charge in [-0.25, -0.2) is 0 Å². The monoisotopic (exact) mass is 347 g/mol. The van der Waals surface area contributed by atoms with E-state index in [0.29, 0.717) is 11.3 Å². The summed E-state index contributed by atoms with van der Waals surface area (Å²) in [6, 6.07) is -0.0955. The predicted octanol–water partition coefficient (Wildman–Crippen LogP) is 2.24. The zero-order chi connectivity index (χ0) is 18.2. The molecule has 1 aromatic heterocycles. The molecule has 1 fully saturated rings. The Bertz CT molecular complexity index is 650. The van der Waals surface area contributed by atoms with Crippen molar-refractivity contribution in [3.05, 3.63) is 17.0 Å². The van der Waals surface area contributed by atoms with Gasteiger partial charge in [0.05, 0.1) is 11.6 Å². The molecule has 0 bridgehead atoms. The fourth-order valence-corrected chi connectivity index (χ4v) is 2.95. The van der Waals surface area contributed by atoms with Crippen molar-refractivity contribution in [1.82, 2.24) is 14.7 Å². The maximum Gasteiger partial charge on any atom is 0.408 e. The van der Waals surface area contributed by atoms with E-state index in [2.05, 4.69) is 5.10 Å². The van der Waals surface area contributed by atoms with Gasteiger partial charge in [-0.2, -0.15) is 18.3 Å². The lowest BCUT2D eigenvalue weighted by atomic mass is 9.97. The maximum absolute atomic E-state index is 12.7. The van der Waals surface area contributed by atoms with Crippen LogP contribution in [0.4, 0.5) is 13.2 Å². The average Bonchev–Trinajstić information content (AvgIpc) is 3.22. The number of rotatable bonds is 6. The zero-order valence-electron chi connectivity index (χ0n) is 13.7. The molecular weight excluding hydrogens is 327 g/mol. The molecule has 6 nitrogen and oxygen atoms in total. The molecule has 1 aliphatic rings. The van der Waals surface area contributed by atoms with Gasteiger partial charge in [-0.1, -0.05) is 0 Å². The summed E-state index contributed by atoms with van der Waals surface area (Å²) in [6.45, 7) is 3.00. The Morgan fingerprint density at radius 3 is 2.42 bits per heavy atom. The van der Waals surface area contributed by atoms with Crippen molar-refractivity contribution in [2.75, 3.05) is 6.54 Å². The van der Waals surface area contributed by atoms with Gasteiger partial charge in [0.25, 0.3) is 0 Å². The molecule has 134 valence electrons. The summed E-state index contributed by atoms with van der Waals surface area (Å²) in [5, 5.41) is 12.9. The summed E-state index contributed by atoms with van der Waals surface area (Å²) < 4.78 is 38.7. The smallest absolute Gasteiger partial charge is 0.408 e. The van der Waals surface area contributed by atoms with Gasteiger partial charge in [0.2, 0.25) is 5.91 Å². The first-order valence-corrected chi connectivity index (χ1v) is 7.64. The Kier molecular flexibility index (Phi) is 4.91. The molecule has 0 saturated heterocycles. The number of aryl methyl sites for hydroxylation is 1. The highest BCUT2D eigenvalue weighted by molar-refractivity contribution is 5.87. The Labute approximate surface area is 137 Å². The van der Waals surface area contributed by atoms with Crippen molar-refractivity contribution in [2.24, 2.45) is 0 Å². The zero-order valence-corrected chi connectivity index (χ0v) is 13.7. The van der Waals surface area contributed by atoms with E-state index < -0.39 is 37.1 Å². The van der Waals surface area contributed by atoms with Crippen molar-refractivity contribution < 1.29 is 27.9 Å². The topological polar surface area (TPSA) is 75.4 Å². The molecule has 1 aliphatic carbocycles. The molecule has 1 heterocycles. The van der Waals surface area contributed by atoms with Crippen LogP contribution in [-0.2, 0) is 16.1 Å². The number of aromatic nitrogens is 2. The number of carboxylic acids is 1. The molecule has 1 amide bonds. The van der Waals surface area contributed by atoms with Crippen molar-refractivity contribution in [3.63, 3.8) is 0 Å². The normalized spacial score (nSPS) is 16.1. The number of carbonyl (C=O) groups excluding carboxylic acids is 1. The van der Waals surface area contributed by atoms with E-state index in [0.717, 1.165) is 17.5 Å². The number of nitrogens with zero attached hydrogens (tertiary/aromatic N) is 3. The van der Waals surface area contributed by atoms with Crippen molar-refractivity contribution >= 4 is 11.9 Å². The van der Waals surface area contributed by atoms with E-state index in [4.69, 9.17) is 5.11 Å². The molecule has 1 N–H and O–H groups in total. The lowest BCUT2D eigenvalue weighted by Crippen LogP contribution is -2.40. The number of alkyl halides is 3. The summed E-state index contributed by atoms with van der Waals surface area (Å²) in [5.41, 5.74) is 1.06. The summed E-state index contributed by atoms with van der Waals surface area (Å²) in [7, 11) is 0. The first-order valence-electron chi connectivity index (χ1n) is 7.64. The SMILES string of the molecule is Cc1nn(CC(F)(F)F)c(C)c1C(C)C(=O)N(CC(=O)O)C1CC1. The Morgan fingerprint density at radius 1 is 1.38 bits per heavy atom. The highest BCUT2D eigenvalue weighted by Crippen LogP contribution is 2.32.